The zero-order valence-corrected chi connectivity index (χ0v) is 17.0. The third kappa shape index (κ3) is 8.46. The minimum absolute atomic E-state index is 0.0186. The maximum Gasteiger partial charge on any atom is 0.325 e. The molecule has 0 aromatic heterocycles. The lowest BCUT2D eigenvalue weighted by atomic mass is 9.89. The SMILES string of the molecule is CC(=O)NCCCc1ccc(C(=O)COC(=O)CNC(=O)C2CCCCC2)cc1. The maximum atomic E-state index is 12.2. The van der Waals surface area contributed by atoms with Crippen molar-refractivity contribution in [1.29, 1.82) is 0 Å². The number of nitrogens with one attached hydrogen (secondary N) is 2. The molecule has 1 aromatic rings. The summed E-state index contributed by atoms with van der Waals surface area (Å²) >= 11 is 0. The third-order valence-corrected chi connectivity index (χ3v) is 5.04. The lowest BCUT2D eigenvalue weighted by Crippen LogP contribution is -2.36. The van der Waals surface area contributed by atoms with Crippen LogP contribution in [0.3, 0.4) is 0 Å². The van der Waals surface area contributed by atoms with E-state index in [2.05, 4.69) is 10.6 Å². The molecule has 0 heterocycles. The van der Waals surface area contributed by atoms with E-state index in [4.69, 9.17) is 4.74 Å². The molecule has 0 saturated heterocycles. The van der Waals surface area contributed by atoms with E-state index in [1.165, 1.54) is 6.92 Å². The molecule has 0 unspecified atom stereocenters. The number of carbonyl (C=O) groups excluding carboxylic acids is 4. The Morgan fingerprint density at radius 3 is 2.34 bits per heavy atom. The highest BCUT2D eigenvalue weighted by molar-refractivity contribution is 5.98. The number of carbonyl (C=O) groups is 4. The molecular formula is C22H30N2O5. The fraction of sp³-hybridized carbons (Fsp3) is 0.545. The third-order valence-electron chi connectivity index (χ3n) is 5.04. The van der Waals surface area contributed by atoms with Gasteiger partial charge in [-0.2, -0.15) is 0 Å². The van der Waals surface area contributed by atoms with E-state index in [1.54, 1.807) is 12.1 Å². The van der Waals surface area contributed by atoms with Crippen molar-refractivity contribution in [2.75, 3.05) is 19.7 Å². The molecule has 1 aliphatic carbocycles. The van der Waals surface area contributed by atoms with Crippen LogP contribution in [0.25, 0.3) is 0 Å². The monoisotopic (exact) mass is 402 g/mol. The molecule has 0 aliphatic heterocycles. The second kappa shape index (κ2) is 12.0. The first kappa shape index (κ1) is 22.6. The minimum Gasteiger partial charge on any atom is -0.456 e. The molecule has 0 radical (unpaired) electrons. The van der Waals surface area contributed by atoms with Crippen LogP contribution in [0.15, 0.2) is 24.3 Å². The van der Waals surface area contributed by atoms with E-state index < -0.39 is 5.97 Å². The van der Waals surface area contributed by atoms with E-state index >= 15 is 0 Å². The number of amides is 2. The van der Waals surface area contributed by atoms with Crippen molar-refractivity contribution in [3.8, 4) is 0 Å². The molecule has 0 bridgehead atoms. The van der Waals surface area contributed by atoms with Gasteiger partial charge in [0.2, 0.25) is 11.8 Å². The quantitative estimate of drug-likeness (QED) is 0.355. The summed E-state index contributed by atoms with van der Waals surface area (Å²) in [6.07, 6.45) is 6.59. The van der Waals surface area contributed by atoms with E-state index in [1.807, 2.05) is 12.1 Å². The summed E-state index contributed by atoms with van der Waals surface area (Å²) in [4.78, 5) is 46.8. The zero-order chi connectivity index (χ0) is 21.1. The predicted octanol–water partition coefficient (Wildman–Crippen LogP) is 2.18. The molecule has 1 fully saturated rings. The van der Waals surface area contributed by atoms with E-state index in [0.29, 0.717) is 12.1 Å². The van der Waals surface area contributed by atoms with Crippen molar-refractivity contribution in [1.82, 2.24) is 10.6 Å². The van der Waals surface area contributed by atoms with Gasteiger partial charge in [0.05, 0.1) is 0 Å². The van der Waals surface area contributed by atoms with Gasteiger partial charge in [-0.3, -0.25) is 19.2 Å². The Labute approximate surface area is 171 Å². The molecule has 0 atom stereocenters. The van der Waals surface area contributed by atoms with Gasteiger partial charge in [0.15, 0.2) is 12.4 Å². The smallest absolute Gasteiger partial charge is 0.325 e. The van der Waals surface area contributed by atoms with Crippen LogP contribution < -0.4 is 10.6 Å². The predicted molar refractivity (Wildman–Crippen MR) is 108 cm³/mol. The van der Waals surface area contributed by atoms with E-state index in [0.717, 1.165) is 50.5 Å². The van der Waals surface area contributed by atoms with Crippen LogP contribution in [0.5, 0.6) is 0 Å². The molecule has 0 spiro atoms. The minimum atomic E-state index is -0.614. The Hall–Kier alpha value is -2.70. The zero-order valence-electron chi connectivity index (χ0n) is 17.0. The lowest BCUT2D eigenvalue weighted by Gasteiger charge is -2.20. The first-order valence-corrected chi connectivity index (χ1v) is 10.3. The van der Waals surface area contributed by atoms with Crippen LogP contribution in [0.4, 0.5) is 0 Å². The number of rotatable bonds is 10. The van der Waals surface area contributed by atoms with Crippen molar-refractivity contribution < 1.29 is 23.9 Å². The molecule has 158 valence electrons. The summed E-state index contributed by atoms with van der Waals surface area (Å²) in [5.41, 5.74) is 1.53. The molecule has 1 saturated carbocycles. The fourth-order valence-electron chi connectivity index (χ4n) is 3.36. The number of hydrogen-bond acceptors (Lipinski definition) is 5. The Kier molecular flexibility index (Phi) is 9.34. The number of esters is 1. The summed E-state index contributed by atoms with van der Waals surface area (Å²) in [6, 6.07) is 7.12. The van der Waals surface area contributed by atoms with Gasteiger partial charge in [0.1, 0.15) is 6.54 Å². The van der Waals surface area contributed by atoms with Crippen molar-refractivity contribution in [2.45, 2.75) is 51.9 Å². The Morgan fingerprint density at radius 2 is 1.69 bits per heavy atom. The molecule has 7 nitrogen and oxygen atoms in total. The number of ether oxygens (including phenoxy) is 1. The number of benzene rings is 1. The van der Waals surface area contributed by atoms with Gasteiger partial charge in [-0.15, -0.1) is 0 Å². The summed E-state index contributed by atoms with van der Waals surface area (Å²) < 4.78 is 4.98. The summed E-state index contributed by atoms with van der Waals surface area (Å²) in [5.74, 6) is -1.08. The highest BCUT2D eigenvalue weighted by Gasteiger charge is 2.21. The van der Waals surface area contributed by atoms with Crippen LogP contribution in [-0.4, -0.2) is 43.3 Å². The first-order valence-electron chi connectivity index (χ1n) is 10.3. The number of aryl methyl sites for hydroxylation is 1. The summed E-state index contributed by atoms with van der Waals surface area (Å²) in [6.45, 7) is 1.54. The lowest BCUT2D eigenvalue weighted by molar-refractivity contribution is -0.143. The molecule has 7 heteroatoms. The summed E-state index contributed by atoms with van der Waals surface area (Å²) in [5, 5.41) is 5.34. The molecule has 29 heavy (non-hydrogen) atoms. The van der Waals surface area contributed by atoms with Gasteiger partial charge in [0.25, 0.3) is 0 Å². The maximum absolute atomic E-state index is 12.2. The van der Waals surface area contributed by atoms with Crippen molar-refractivity contribution in [2.24, 2.45) is 5.92 Å². The number of hydrogen-bond donors (Lipinski definition) is 2. The van der Waals surface area contributed by atoms with Gasteiger partial charge >= 0.3 is 5.97 Å². The normalized spacial score (nSPS) is 14.1. The van der Waals surface area contributed by atoms with Gasteiger partial charge < -0.3 is 15.4 Å². The van der Waals surface area contributed by atoms with Crippen LogP contribution in [-0.2, 0) is 25.5 Å². The first-order chi connectivity index (χ1) is 14.0. The molecule has 2 rings (SSSR count). The van der Waals surface area contributed by atoms with Gasteiger partial charge in [0, 0.05) is 24.9 Å². The highest BCUT2D eigenvalue weighted by atomic mass is 16.5. The van der Waals surface area contributed by atoms with Gasteiger partial charge in [-0.1, -0.05) is 43.5 Å². The Bertz CT molecular complexity index is 708. The average molecular weight is 402 g/mol. The molecule has 1 aromatic carbocycles. The van der Waals surface area contributed by atoms with E-state index in [9.17, 15) is 19.2 Å². The molecular weight excluding hydrogens is 372 g/mol. The Morgan fingerprint density at radius 1 is 1.00 bits per heavy atom. The molecule has 1 aliphatic rings. The number of Topliss-reactive ketones (excluding diaryl/α,β-unsaturated/α-hetero) is 1. The average Bonchev–Trinajstić information content (AvgIpc) is 2.74. The van der Waals surface area contributed by atoms with Gasteiger partial charge in [-0.05, 0) is 31.2 Å². The van der Waals surface area contributed by atoms with Crippen LogP contribution >= 0.6 is 0 Å². The molecule has 2 N–H and O–H groups in total. The topological polar surface area (TPSA) is 102 Å². The van der Waals surface area contributed by atoms with Crippen molar-refractivity contribution in [3.63, 3.8) is 0 Å². The van der Waals surface area contributed by atoms with Crippen LogP contribution in [0.2, 0.25) is 0 Å². The number of ketones is 1. The second-order valence-electron chi connectivity index (χ2n) is 7.42. The molecule has 2 amide bonds. The van der Waals surface area contributed by atoms with E-state index in [-0.39, 0.29) is 36.7 Å². The summed E-state index contributed by atoms with van der Waals surface area (Å²) in [7, 11) is 0. The largest absolute Gasteiger partial charge is 0.456 e. The standard InChI is InChI=1S/C22H30N2O5/c1-16(25)23-13-5-6-17-9-11-18(12-10-17)20(26)15-29-21(27)14-24-22(28)19-7-3-2-4-8-19/h9-12,19H,2-8,13-15H2,1H3,(H,23,25)(H,24,28). The highest BCUT2D eigenvalue weighted by Crippen LogP contribution is 2.23. The van der Waals surface area contributed by atoms with Crippen molar-refractivity contribution in [3.05, 3.63) is 35.4 Å². The van der Waals surface area contributed by atoms with Crippen LogP contribution in [0, 0.1) is 5.92 Å². The Balaban J connectivity index is 1.66. The second-order valence-corrected chi connectivity index (χ2v) is 7.42. The van der Waals surface area contributed by atoms with Gasteiger partial charge in [-0.25, -0.2) is 0 Å². The van der Waals surface area contributed by atoms with Crippen molar-refractivity contribution >= 4 is 23.6 Å². The van der Waals surface area contributed by atoms with Crippen LogP contribution in [0.1, 0.15) is 61.4 Å². The fourth-order valence-corrected chi connectivity index (χ4v) is 3.36.